The van der Waals surface area contributed by atoms with E-state index < -0.39 is 5.41 Å². The molecule has 0 aliphatic heterocycles. The molecule has 0 N–H and O–H groups in total. The number of hydrogen-bond donors (Lipinski definition) is 0. The lowest BCUT2D eigenvalue weighted by Crippen LogP contribution is -2.28. The van der Waals surface area contributed by atoms with Crippen molar-refractivity contribution >= 4 is 17.1 Å². The predicted octanol–water partition coefficient (Wildman–Crippen LogP) is 14.7. The lowest BCUT2D eigenvalue weighted by atomic mass is 9.67. The molecule has 0 heterocycles. The van der Waals surface area contributed by atoms with Gasteiger partial charge in [0.15, 0.2) is 0 Å². The molecule has 0 saturated heterocycles. The van der Waals surface area contributed by atoms with Gasteiger partial charge in [-0.25, -0.2) is 0 Å². The molecular formula is C57H41N. The molecule has 0 fully saturated rings. The van der Waals surface area contributed by atoms with Gasteiger partial charge in [0, 0.05) is 23.0 Å². The van der Waals surface area contributed by atoms with E-state index in [1.807, 2.05) is 0 Å². The summed E-state index contributed by atoms with van der Waals surface area (Å²) in [7, 11) is 0. The summed E-state index contributed by atoms with van der Waals surface area (Å²) in [5.41, 5.74) is 21.0. The molecule has 1 unspecified atom stereocenters. The van der Waals surface area contributed by atoms with Gasteiger partial charge in [-0.2, -0.15) is 0 Å². The van der Waals surface area contributed by atoms with Gasteiger partial charge in [0.25, 0.3) is 0 Å². The lowest BCUT2D eigenvalue weighted by molar-refractivity contribution is 0.768. The van der Waals surface area contributed by atoms with Crippen LogP contribution >= 0.6 is 0 Å². The van der Waals surface area contributed by atoms with Gasteiger partial charge in [-0.15, -0.1) is 0 Å². The molecule has 2 aliphatic rings. The highest BCUT2D eigenvalue weighted by molar-refractivity contribution is 5.90. The molecule has 0 radical (unpaired) electrons. The third-order valence-corrected chi connectivity index (χ3v) is 12.5. The van der Waals surface area contributed by atoms with Crippen LogP contribution in [0.4, 0.5) is 17.1 Å². The molecular weight excluding hydrogens is 699 g/mol. The molecule has 0 amide bonds. The number of hydrogen-bond acceptors (Lipinski definition) is 1. The summed E-state index contributed by atoms with van der Waals surface area (Å²) in [5.74, 6) is 0.245. The van der Waals surface area contributed by atoms with E-state index in [1.165, 1.54) is 77.9 Å². The number of aryl methyl sites for hydroxylation is 1. The topological polar surface area (TPSA) is 3.24 Å². The standard InChI is InChI=1S/C57H41N/c1-39-25-30-45(31-26-39)58(46-32-27-40(28-33-46)42-29-35-52-53(37-42)48-21-11-12-23-51(48)56(52)41-15-5-2-6-16-41)47-34-36-50-49-22-13-14-24-54(49)57(55(50)38-47,43-17-7-3-8-18-43)44-19-9-4-10-20-44/h2-38,56H,1H3. The Morgan fingerprint density at radius 3 is 1.57 bits per heavy atom. The smallest absolute Gasteiger partial charge is 0.0714 e. The fourth-order valence-electron chi connectivity index (χ4n) is 9.90. The normalized spacial score (nSPS) is 14.3. The van der Waals surface area contributed by atoms with Crippen molar-refractivity contribution in [3.05, 3.63) is 269 Å². The Bertz CT molecular complexity index is 2890. The van der Waals surface area contributed by atoms with Crippen LogP contribution in [0.1, 0.15) is 50.4 Å². The fourth-order valence-corrected chi connectivity index (χ4v) is 9.90. The first-order valence-corrected chi connectivity index (χ1v) is 20.3. The minimum absolute atomic E-state index is 0.245. The summed E-state index contributed by atoms with van der Waals surface area (Å²) in [6.07, 6.45) is 0. The van der Waals surface area contributed by atoms with Gasteiger partial charge in [0.1, 0.15) is 0 Å². The number of anilines is 3. The van der Waals surface area contributed by atoms with E-state index in [4.69, 9.17) is 0 Å². The van der Waals surface area contributed by atoms with Crippen molar-refractivity contribution in [2.45, 2.75) is 18.3 Å². The Labute approximate surface area is 341 Å². The molecule has 1 heteroatoms. The van der Waals surface area contributed by atoms with Crippen molar-refractivity contribution in [1.82, 2.24) is 0 Å². The van der Waals surface area contributed by atoms with E-state index >= 15 is 0 Å². The van der Waals surface area contributed by atoms with Crippen molar-refractivity contribution < 1.29 is 0 Å². The third kappa shape index (κ3) is 5.31. The predicted molar refractivity (Wildman–Crippen MR) is 241 cm³/mol. The van der Waals surface area contributed by atoms with Crippen LogP contribution in [0, 0.1) is 6.92 Å². The molecule has 0 saturated carbocycles. The summed E-state index contributed by atoms with van der Waals surface area (Å²) >= 11 is 0. The van der Waals surface area contributed by atoms with Gasteiger partial charge in [0.05, 0.1) is 5.41 Å². The number of rotatable bonds is 7. The van der Waals surface area contributed by atoms with Gasteiger partial charge in [-0.1, -0.05) is 188 Å². The zero-order chi connectivity index (χ0) is 38.6. The van der Waals surface area contributed by atoms with Crippen molar-refractivity contribution in [3.63, 3.8) is 0 Å². The molecule has 0 aromatic heterocycles. The summed E-state index contributed by atoms with van der Waals surface area (Å²) in [4.78, 5) is 2.41. The summed E-state index contributed by atoms with van der Waals surface area (Å²) in [5, 5.41) is 0. The van der Waals surface area contributed by atoms with Crippen molar-refractivity contribution in [2.24, 2.45) is 0 Å². The van der Waals surface area contributed by atoms with Crippen LogP contribution in [-0.4, -0.2) is 0 Å². The molecule has 0 spiro atoms. The first kappa shape index (κ1) is 34.1. The fraction of sp³-hybridized carbons (Fsp3) is 0.0526. The number of fused-ring (bicyclic) bond motifs is 6. The highest BCUT2D eigenvalue weighted by Gasteiger charge is 2.46. The summed E-state index contributed by atoms with van der Waals surface area (Å²) < 4.78 is 0. The van der Waals surface area contributed by atoms with Crippen LogP contribution in [0.3, 0.4) is 0 Å². The van der Waals surface area contributed by atoms with Crippen LogP contribution in [-0.2, 0) is 5.41 Å². The SMILES string of the molecule is Cc1ccc(N(c2ccc(-c3ccc4c(c3)-c3ccccc3C4c3ccccc3)cc2)c2ccc3c(c2)C(c2ccccc2)(c2ccccc2)c2ccccc2-3)cc1. The molecule has 1 atom stereocenters. The Hall–Kier alpha value is -7.22. The second-order valence-electron chi connectivity index (χ2n) is 15.7. The van der Waals surface area contributed by atoms with E-state index in [2.05, 4.69) is 236 Å². The molecule has 1 nitrogen and oxygen atoms in total. The maximum atomic E-state index is 2.45. The molecule has 11 rings (SSSR count). The largest absolute Gasteiger partial charge is 0.310 e. The van der Waals surface area contributed by atoms with Crippen LogP contribution < -0.4 is 4.90 Å². The van der Waals surface area contributed by atoms with Crippen LogP contribution in [0.25, 0.3) is 33.4 Å². The zero-order valence-electron chi connectivity index (χ0n) is 32.4. The van der Waals surface area contributed by atoms with E-state index in [9.17, 15) is 0 Å². The molecule has 9 aromatic rings. The van der Waals surface area contributed by atoms with Crippen LogP contribution in [0.2, 0.25) is 0 Å². The third-order valence-electron chi connectivity index (χ3n) is 12.5. The van der Waals surface area contributed by atoms with E-state index in [0.29, 0.717) is 0 Å². The average molecular weight is 740 g/mol. The van der Waals surface area contributed by atoms with E-state index in [0.717, 1.165) is 17.1 Å². The van der Waals surface area contributed by atoms with E-state index in [1.54, 1.807) is 0 Å². The molecule has 58 heavy (non-hydrogen) atoms. The second-order valence-corrected chi connectivity index (χ2v) is 15.7. The molecule has 9 aromatic carbocycles. The Morgan fingerprint density at radius 1 is 0.362 bits per heavy atom. The minimum atomic E-state index is -0.473. The zero-order valence-corrected chi connectivity index (χ0v) is 32.4. The number of nitrogens with zero attached hydrogens (tertiary/aromatic N) is 1. The Kier molecular flexibility index (Phi) is 8.08. The van der Waals surface area contributed by atoms with Gasteiger partial charge in [0.2, 0.25) is 0 Å². The van der Waals surface area contributed by atoms with Crippen molar-refractivity contribution in [3.8, 4) is 33.4 Å². The maximum Gasteiger partial charge on any atom is 0.0714 e. The highest BCUT2D eigenvalue weighted by atomic mass is 15.1. The average Bonchev–Trinajstić information content (AvgIpc) is 3.78. The first-order chi connectivity index (χ1) is 28.7. The van der Waals surface area contributed by atoms with Crippen LogP contribution in [0.15, 0.2) is 224 Å². The van der Waals surface area contributed by atoms with Crippen molar-refractivity contribution in [2.75, 3.05) is 4.90 Å². The highest BCUT2D eigenvalue weighted by Crippen LogP contribution is 2.57. The van der Waals surface area contributed by atoms with Gasteiger partial charge < -0.3 is 4.90 Å². The molecule has 0 bridgehead atoms. The second kappa shape index (κ2) is 13.8. The van der Waals surface area contributed by atoms with Crippen LogP contribution in [0.5, 0.6) is 0 Å². The minimum Gasteiger partial charge on any atom is -0.310 e. The lowest BCUT2D eigenvalue weighted by Gasteiger charge is -2.35. The van der Waals surface area contributed by atoms with E-state index in [-0.39, 0.29) is 5.92 Å². The molecule has 274 valence electrons. The quantitative estimate of drug-likeness (QED) is 0.157. The summed E-state index contributed by atoms with van der Waals surface area (Å²) in [6.45, 7) is 2.15. The Balaban J connectivity index is 1.04. The monoisotopic (exact) mass is 739 g/mol. The van der Waals surface area contributed by atoms with Gasteiger partial charge >= 0.3 is 0 Å². The first-order valence-electron chi connectivity index (χ1n) is 20.3. The Morgan fingerprint density at radius 2 is 0.879 bits per heavy atom. The molecule has 2 aliphatic carbocycles. The van der Waals surface area contributed by atoms with Crippen molar-refractivity contribution in [1.29, 1.82) is 0 Å². The van der Waals surface area contributed by atoms with Gasteiger partial charge in [-0.05, 0) is 122 Å². The van der Waals surface area contributed by atoms with Gasteiger partial charge in [-0.3, -0.25) is 0 Å². The number of benzene rings is 9. The summed E-state index contributed by atoms with van der Waals surface area (Å²) in [6, 6.07) is 83.1. The maximum absolute atomic E-state index is 2.45.